The highest BCUT2D eigenvalue weighted by molar-refractivity contribution is 5.47. The first-order valence-electron chi connectivity index (χ1n) is 6.00. The fraction of sp³-hybridized carbons (Fsp3) is 0.417. The topological polar surface area (TPSA) is 87.1 Å². The van der Waals surface area contributed by atoms with E-state index in [-0.39, 0.29) is 0 Å². The number of ether oxygens (including phenoxy) is 1. The van der Waals surface area contributed by atoms with Crippen LogP contribution in [0.25, 0.3) is 11.5 Å². The van der Waals surface area contributed by atoms with Crippen LogP contribution < -0.4 is 5.73 Å². The van der Waals surface area contributed by atoms with E-state index in [2.05, 4.69) is 15.1 Å². The lowest BCUT2D eigenvalue weighted by Gasteiger charge is -2.29. The molecule has 0 radical (unpaired) electrons. The Morgan fingerprint density at radius 2 is 2.05 bits per heavy atom. The van der Waals surface area contributed by atoms with E-state index < -0.39 is 11.4 Å². The average molecular weight is 264 g/mol. The van der Waals surface area contributed by atoms with Crippen LogP contribution in [0, 0.1) is 5.82 Å². The summed E-state index contributed by atoms with van der Waals surface area (Å²) in [6.07, 6.45) is 2.37. The Bertz CT molecular complexity index is 563. The largest absolute Gasteiger partial charge is 0.381 e. The zero-order valence-electron chi connectivity index (χ0n) is 10.2. The third kappa shape index (κ3) is 2.34. The molecule has 0 amide bonds. The van der Waals surface area contributed by atoms with Crippen LogP contribution in [0.5, 0.6) is 0 Å². The molecule has 1 saturated heterocycles. The Balaban J connectivity index is 1.88. The lowest BCUT2D eigenvalue weighted by atomic mass is 9.91. The monoisotopic (exact) mass is 264 g/mol. The molecule has 2 N–H and O–H groups in total. The minimum atomic E-state index is -0.649. The van der Waals surface area contributed by atoms with Gasteiger partial charge in [0.05, 0.1) is 6.20 Å². The molecule has 0 atom stereocenters. The van der Waals surface area contributed by atoms with Gasteiger partial charge in [-0.25, -0.2) is 9.37 Å². The number of hydrogen-bond acceptors (Lipinski definition) is 6. The molecule has 0 aromatic carbocycles. The number of pyridine rings is 1. The molecule has 2 aromatic rings. The van der Waals surface area contributed by atoms with Gasteiger partial charge in [0.1, 0.15) is 17.1 Å². The van der Waals surface area contributed by atoms with Crippen molar-refractivity contribution in [3.05, 3.63) is 30.0 Å². The van der Waals surface area contributed by atoms with Crippen LogP contribution in [-0.4, -0.2) is 28.3 Å². The van der Waals surface area contributed by atoms with Crippen molar-refractivity contribution in [2.24, 2.45) is 5.73 Å². The van der Waals surface area contributed by atoms with Crippen molar-refractivity contribution in [3.63, 3.8) is 0 Å². The van der Waals surface area contributed by atoms with Gasteiger partial charge in [-0.3, -0.25) is 0 Å². The van der Waals surface area contributed by atoms with E-state index in [4.69, 9.17) is 15.0 Å². The first-order chi connectivity index (χ1) is 9.17. The zero-order valence-corrected chi connectivity index (χ0v) is 10.2. The van der Waals surface area contributed by atoms with E-state index in [9.17, 15) is 4.39 Å². The predicted octanol–water partition coefficient (Wildman–Crippen LogP) is 1.24. The fourth-order valence-electron chi connectivity index (χ4n) is 1.99. The third-order valence-corrected chi connectivity index (χ3v) is 3.19. The number of nitrogens with two attached hydrogens (primary N) is 1. The molecule has 19 heavy (non-hydrogen) atoms. The summed E-state index contributed by atoms with van der Waals surface area (Å²) in [5.41, 5.74) is 6.04. The number of halogens is 1. The van der Waals surface area contributed by atoms with Crippen LogP contribution in [0.1, 0.15) is 18.7 Å². The molecule has 0 bridgehead atoms. The van der Waals surface area contributed by atoms with Gasteiger partial charge in [0.2, 0.25) is 11.7 Å². The second-order valence-corrected chi connectivity index (χ2v) is 4.55. The van der Waals surface area contributed by atoms with Crippen LogP contribution in [0.3, 0.4) is 0 Å². The lowest BCUT2D eigenvalue weighted by Crippen LogP contribution is -2.42. The second kappa shape index (κ2) is 4.67. The van der Waals surface area contributed by atoms with Gasteiger partial charge in [0.25, 0.3) is 0 Å². The second-order valence-electron chi connectivity index (χ2n) is 4.55. The molecule has 1 fully saturated rings. The van der Waals surface area contributed by atoms with Crippen molar-refractivity contribution >= 4 is 0 Å². The van der Waals surface area contributed by atoms with E-state index >= 15 is 0 Å². The molecule has 2 aromatic heterocycles. The number of aromatic nitrogens is 3. The molecule has 100 valence electrons. The molecule has 1 aliphatic heterocycles. The van der Waals surface area contributed by atoms with Crippen LogP contribution in [0.4, 0.5) is 4.39 Å². The van der Waals surface area contributed by atoms with Gasteiger partial charge in [-0.1, -0.05) is 5.16 Å². The summed E-state index contributed by atoms with van der Waals surface area (Å²) in [6, 6.07) is 2.79. The summed E-state index contributed by atoms with van der Waals surface area (Å²) >= 11 is 0. The smallest absolute Gasteiger partial charge is 0.247 e. The molecule has 0 spiro atoms. The van der Waals surface area contributed by atoms with Gasteiger partial charge in [0.15, 0.2) is 0 Å². The zero-order chi connectivity index (χ0) is 13.3. The van der Waals surface area contributed by atoms with Crippen molar-refractivity contribution in [3.8, 4) is 11.5 Å². The van der Waals surface area contributed by atoms with Crippen molar-refractivity contribution in [1.82, 2.24) is 15.1 Å². The highest BCUT2D eigenvalue weighted by atomic mass is 19.1. The molecule has 1 aliphatic rings. The van der Waals surface area contributed by atoms with Gasteiger partial charge in [0, 0.05) is 13.2 Å². The summed E-state index contributed by atoms with van der Waals surface area (Å²) in [5.74, 6) is 0.274. The molecule has 6 nitrogen and oxygen atoms in total. The molecule has 7 heteroatoms. The van der Waals surface area contributed by atoms with Crippen LogP contribution in [-0.2, 0) is 10.3 Å². The summed E-state index contributed by atoms with van der Waals surface area (Å²) in [7, 11) is 0. The highest BCUT2D eigenvalue weighted by Crippen LogP contribution is 2.29. The van der Waals surface area contributed by atoms with Crippen LogP contribution in [0.2, 0.25) is 0 Å². The predicted molar refractivity (Wildman–Crippen MR) is 63.4 cm³/mol. The maximum Gasteiger partial charge on any atom is 0.247 e. The molecule has 0 aliphatic carbocycles. The molecular formula is C12H13FN4O2. The van der Waals surface area contributed by atoms with Crippen molar-refractivity contribution in [1.29, 1.82) is 0 Å². The Kier molecular flexibility index (Phi) is 3.00. The van der Waals surface area contributed by atoms with Gasteiger partial charge in [-0.2, -0.15) is 4.98 Å². The van der Waals surface area contributed by atoms with E-state index in [1.165, 1.54) is 12.1 Å². The SMILES string of the molecule is NC1(c2nc(-c3ccc(F)cn3)no2)CCOCC1. The molecule has 0 saturated carbocycles. The summed E-state index contributed by atoms with van der Waals surface area (Å²) in [5, 5.41) is 3.84. The van der Waals surface area contributed by atoms with Crippen molar-refractivity contribution in [2.45, 2.75) is 18.4 Å². The van der Waals surface area contributed by atoms with Gasteiger partial charge >= 0.3 is 0 Å². The highest BCUT2D eigenvalue weighted by Gasteiger charge is 2.36. The fourth-order valence-corrected chi connectivity index (χ4v) is 1.99. The normalized spacial score (nSPS) is 18.4. The third-order valence-electron chi connectivity index (χ3n) is 3.19. The minimum Gasteiger partial charge on any atom is -0.381 e. The van der Waals surface area contributed by atoms with Gasteiger partial charge in [-0.15, -0.1) is 0 Å². The Labute approximate surface area is 108 Å². The first kappa shape index (κ1) is 12.2. The maximum atomic E-state index is 12.8. The summed E-state index contributed by atoms with van der Waals surface area (Å²) in [6.45, 7) is 1.14. The van der Waals surface area contributed by atoms with Gasteiger partial charge < -0.3 is 15.0 Å². The molecular weight excluding hydrogens is 251 g/mol. The van der Waals surface area contributed by atoms with E-state index in [0.29, 0.717) is 43.5 Å². The molecule has 3 rings (SSSR count). The Morgan fingerprint density at radius 1 is 1.26 bits per heavy atom. The van der Waals surface area contributed by atoms with Crippen LogP contribution >= 0.6 is 0 Å². The quantitative estimate of drug-likeness (QED) is 0.878. The molecule has 3 heterocycles. The Morgan fingerprint density at radius 3 is 2.74 bits per heavy atom. The maximum absolute atomic E-state index is 12.8. The van der Waals surface area contributed by atoms with Crippen molar-refractivity contribution in [2.75, 3.05) is 13.2 Å². The molecule has 0 unspecified atom stereocenters. The van der Waals surface area contributed by atoms with E-state index in [0.717, 1.165) is 6.20 Å². The average Bonchev–Trinajstić information content (AvgIpc) is 2.91. The van der Waals surface area contributed by atoms with Gasteiger partial charge in [-0.05, 0) is 25.0 Å². The number of rotatable bonds is 2. The Hall–Kier alpha value is -1.86. The number of hydrogen-bond donors (Lipinski definition) is 1. The van der Waals surface area contributed by atoms with Crippen LogP contribution in [0.15, 0.2) is 22.9 Å². The number of nitrogens with zero attached hydrogens (tertiary/aromatic N) is 3. The summed E-state index contributed by atoms with van der Waals surface area (Å²) in [4.78, 5) is 8.17. The van der Waals surface area contributed by atoms with Crippen molar-refractivity contribution < 1.29 is 13.7 Å². The first-order valence-corrected chi connectivity index (χ1v) is 6.00. The summed E-state index contributed by atoms with van der Waals surface area (Å²) < 4.78 is 23.3. The standard InChI is InChI=1S/C12H13FN4O2/c13-8-1-2-9(15-7-8)10-16-11(19-17-10)12(14)3-5-18-6-4-12/h1-2,7H,3-6,14H2. The van der Waals surface area contributed by atoms with E-state index in [1.54, 1.807) is 0 Å². The van der Waals surface area contributed by atoms with E-state index in [1.807, 2.05) is 0 Å². The minimum absolute atomic E-state index is 0.311. The lowest BCUT2D eigenvalue weighted by molar-refractivity contribution is 0.0400.